The van der Waals surface area contributed by atoms with Gasteiger partial charge in [0.05, 0.1) is 5.25 Å². The highest BCUT2D eigenvalue weighted by Crippen LogP contribution is 2.29. The molecule has 3 saturated heterocycles. The van der Waals surface area contributed by atoms with E-state index in [2.05, 4.69) is 17.1 Å². The number of hydrogen-bond donors (Lipinski definition) is 1. The molecule has 0 aromatic heterocycles. The lowest BCUT2D eigenvalue weighted by Crippen LogP contribution is -2.40. The number of nitrogens with one attached hydrogen (secondary N) is 1. The zero-order chi connectivity index (χ0) is 14.2. The van der Waals surface area contributed by atoms with Crippen LogP contribution in [-0.4, -0.2) is 68.7 Å². The van der Waals surface area contributed by atoms with Crippen molar-refractivity contribution in [3.63, 3.8) is 0 Å². The van der Waals surface area contributed by atoms with Crippen molar-refractivity contribution in [1.82, 2.24) is 14.5 Å². The third-order valence-electron chi connectivity index (χ3n) is 5.14. The highest BCUT2D eigenvalue weighted by atomic mass is 32.2. The molecule has 20 heavy (non-hydrogen) atoms. The summed E-state index contributed by atoms with van der Waals surface area (Å²) in [6, 6.07) is 0. The van der Waals surface area contributed by atoms with Gasteiger partial charge in [0.25, 0.3) is 0 Å². The molecule has 0 saturated carbocycles. The first-order valence-corrected chi connectivity index (χ1v) is 9.42. The third-order valence-corrected chi connectivity index (χ3v) is 7.45. The van der Waals surface area contributed by atoms with E-state index in [0.717, 1.165) is 65.1 Å². The summed E-state index contributed by atoms with van der Waals surface area (Å²) >= 11 is 0. The molecule has 0 aliphatic carbocycles. The second kappa shape index (κ2) is 5.55. The second-order valence-electron chi connectivity index (χ2n) is 7.03. The minimum absolute atomic E-state index is 0.168. The Kier molecular flexibility index (Phi) is 4.10. The number of rotatable bonds is 4. The highest BCUT2D eigenvalue weighted by Gasteiger charge is 2.40. The molecule has 0 aromatic rings. The van der Waals surface area contributed by atoms with Gasteiger partial charge in [-0.05, 0) is 44.2 Å². The monoisotopic (exact) mass is 301 g/mol. The third kappa shape index (κ3) is 2.89. The van der Waals surface area contributed by atoms with Gasteiger partial charge in [0.2, 0.25) is 10.0 Å². The quantitative estimate of drug-likeness (QED) is 0.821. The molecule has 0 spiro atoms. The van der Waals surface area contributed by atoms with Gasteiger partial charge in [-0.3, -0.25) is 0 Å². The molecule has 3 fully saturated rings. The van der Waals surface area contributed by atoms with Crippen LogP contribution in [-0.2, 0) is 10.0 Å². The average molecular weight is 301 g/mol. The summed E-state index contributed by atoms with van der Waals surface area (Å²) < 4.78 is 26.9. The maximum atomic E-state index is 12.6. The van der Waals surface area contributed by atoms with Crippen LogP contribution >= 0.6 is 0 Å². The van der Waals surface area contributed by atoms with Crippen molar-refractivity contribution in [1.29, 1.82) is 0 Å². The first-order valence-electron chi connectivity index (χ1n) is 7.92. The largest absolute Gasteiger partial charge is 0.316 e. The predicted molar refractivity (Wildman–Crippen MR) is 80.2 cm³/mol. The van der Waals surface area contributed by atoms with Gasteiger partial charge in [-0.15, -0.1) is 0 Å². The Hall–Kier alpha value is -0.170. The molecule has 116 valence electrons. The number of hydrogen-bond acceptors (Lipinski definition) is 4. The van der Waals surface area contributed by atoms with Crippen LogP contribution in [0, 0.1) is 5.41 Å². The molecule has 3 heterocycles. The first kappa shape index (κ1) is 14.8. The van der Waals surface area contributed by atoms with Gasteiger partial charge < -0.3 is 10.2 Å². The van der Waals surface area contributed by atoms with Crippen molar-refractivity contribution in [3.8, 4) is 0 Å². The molecule has 1 N–H and O–H groups in total. The molecule has 2 unspecified atom stereocenters. The maximum Gasteiger partial charge on any atom is 0.218 e. The fraction of sp³-hybridized carbons (Fsp3) is 1.00. The molecule has 0 bridgehead atoms. The summed E-state index contributed by atoms with van der Waals surface area (Å²) in [7, 11) is -3.05. The Morgan fingerprint density at radius 1 is 1.25 bits per heavy atom. The normalized spacial score (nSPS) is 37.0. The molecule has 0 amide bonds. The van der Waals surface area contributed by atoms with E-state index in [9.17, 15) is 8.42 Å². The molecule has 6 heteroatoms. The van der Waals surface area contributed by atoms with Crippen molar-refractivity contribution in [2.75, 3.05) is 45.8 Å². The Labute approximate surface area is 122 Å². The van der Waals surface area contributed by atoms with Crippen LogP contribution in [0.1, 0.15) is 32.6 Å². The highest BCUT2D eigenvalue weighted by molar-refractivity contribution is 7.89. The Bertz CT molecular complexity index is 439. The van der Waals surface area contributed by atoms with E-state index in [1.807, 2.05) is 0 Å². The van der Waals surface area contributed by atoms with E-state index in [1.165, 1.54) is 6.42 Å². The first-order chi connectivity index (χ1) is 9.50. The van der Waals surface area contributed by atoms with Crippen LogP contribution in [0.15, 0.2) is 0 Å². The Balaban J connectivity index is 1.59. The average Bonchev–Trinajstić information content (AvgIpc) is 3.09. The lowest BCUT2D eigenvalue weighted by Gasteiger charge is -2.29. The van der Waals surface area contributed by atoms with E-state index in [-0.39, 0.29) is 5.25 Å². The van der Waals surface area contributed by atoms with Crippen LogP contribution in [0.5, 0.6) is 0 Å². The second-order valence-corrected chi connectivity index (χ2v) is 9.25. The van der Waals surface area contributed by atoms with E-state index >= 15 is 0 Å². The molecule has 3 aliphatic rings. The van der Waals surface area contributed by atoms with Crippen LogP contribution < -0.4 is 5.32 Å². The molecule has 3 rings (SSSR count). The van der Waals surface area contributed by atoms with Crippen LogP contribution in [0.4, 0.5) is 0 Å². The van der Waals surface area contributed by atoms with Crippen molar-refractivity contribution < 1.29 is 8.42 Å². The topological polar surface area (TPSA) is 52.7 Å². The number of likely N-dealkylation sites (tertiary alicyclic amines) is 1. The minimum atomic E-state index is -3.05. The molecule has 3 aliphatic heterocycles. The van der Waals surface area contributed by atoms with Crippen molar-refractivity contribution in [2.45, 2.75) is 37.9 Å². The van der Waals surface area contributed by atoms with Gasteiger partial charge in [0.1, 0.15) is 0 Å². The van der Waals surface area contributed by atoms with Gasteiger partial charge in [0.15, 0.2) is 0 Å². The van der Waals surface area contributed by atoms with Crippen LogP contribution in [0.2, 0.25) is 0 Å². The van der Waals surface area contributed by atoms with E-state index < -0.39 is 10.0 Å². The summed E-state index contributed by atoms with van der Waals surface area (Å²) in [6.07, 6.45) is 4.06. The minimum Gasteiger partial charge on any atom is -0.316 e. The van der Waals surface area contributed by atoms with Crippen LogP contribution in [0.3, 0.4) is 0 Å². The molecule has 0 radical (unpaired) electrons. The fourth-order valence-corrected chi connectivity index (χ4v) is 5.87. The Morgan fingerprint density at radius 3 is 2.65 bits per heavy atom. The molecular weight excluding hydrogens is 274 g/mol. The zero-order valence-corrected chi connectivity index (χ0v) is 13.3. The molecule has 0 aromatic carbocycles. The fourth-order valence-electron chi connectivity index (χ4n) is 3.88. The summed E-state index contributed by atoms with van der Waals surface area (Å²) in [5, 5.41) is 3.25. The Morgan fingerprint density at radius 2 is 2.00 bits per heavy atom. The number of sulfonamides is 1. The van der Waals surface area contributed by atoms with Gasteiger partial charge in [-0.25, -0.2) is 12.7 Å². The molecular formula is C14H27N3O2S. The SMILES string of the molecule is CC1(CN2CCC(S(=O)(=O)N3CCCC3)C2)CCNC1. The van der Waals surface area contributed by atoms with E-state index in [4.69, 9.17) is 0 Å². The van der Waals surface area contributed by atoms with E-state index in [1.54, 1.807) is 4.31 Å². The van der Waals surface area contributed by atoms with Crippen molar-refractivity contribution in [3.05, 3.63) is 0 Å². The molecule has 5 nitrogen and oxygen atoms in total. The van der Waals surface area contributed by atoms with Crippen molar-refractivity contribution in [2.24, 2.45) is 5.41 Å². The smallest absolute Gasteiger partial charge is 0.218 e. The van der Waals surface area contributed by atoms with Crippen LogP contribution in [0.25, 0.3) is 0 Å². The van der Waals surface area contributed by atoms with Gasteiger partial charge in [-0.1, -0.05) is 6.92 Å². The molecule has 2 atom stereocenters. The maximum absolute atomic E-state index is 12.6. The van der Waals surface area contributed by atoms with E-state index in [0.29, 0.717) is 5.41 Å². The zero-order valence-electron chi connectivity index (χ0n) is 12.5. The summed E-state index contributed by atoms with van der Waals surface area (Å²) in [4.78, 5) is 2.37. The lowest BCUT2D eigenvalue weighted by atomic mass is 9.89. The lowest BCUT2D eigenvalue weighted by molar-refractivity contribution is 0.209. The predicted octanol–water partition coefficient (Wildman–Crippen LogP) is 0.486. The van der Waals surface area contributed by atoms with Crippen molar-refractivity contribution >= 4 is 10.0 Å². The summed E-state index contributed by atoms with van der Waals surface area (Å²) in [6.45, 7) is 8.65. The standard InChI is InChI=1S/C14H27N3O2S/c1-14(5-6-15-11-14)12-16-9-4-13(10-16)20(18,19)17-7-2-3-8-17/h13,15H,2-12H2,1H3. The van der Waals surface area contributed by atoms with Gasteiger partial charge >= 0.3 is 0 Å². The number of nitrogens with zero attached hydrogens (tertiary/aromatic N) is 2. The summed E-state index contributed by atoms with van der Waals surface area (Å²) in [5.74, 6) is 0. The van der Waals surface area contributed by atoms with Gasteiger partial charge in [0, 0.05) is 32.7 Å². The summed E-state index contributed by atoms with van der Waals surface area (Å²) in [5.41, 5.74) is 0.326. The van der Waals surface area contributed by atoms with Gasteiger partial charge in [-0.2, -0.15) is 0 Å².